The van der Waals surface area contributed by atoms with Crippen molar-refractivity contribution in [2.45, 2.75) is 43.0 Å². The van der Waals surface area contributed by atoms with Crippen molar-refractivity contribution < 1.29 is 41.9 Å². The van der Waals surface area contributed by atoms with Crippen molar-refractivity contribution in [3.05, 3.63) is 89.0 Å². The second-order valence-electron chi connectivity index (χ2n) is 13.1. The largest absolute Gasteiger partial charge is 0.495 e. The van der Waals surface area contributed by atoms with Crippen molar-refractivity contribution in [2.24, 2.45) is 0 Å². The minimum Gasteiger partial charge on any atom is -0.495 e. The summed E-state index contributed by atoms with van der Waals surface area (Å²) in [5, 5.41) is 9.34. The zero-order valence-corrected chi connectivity index (χ0v) is 30.2. The van der Waals surface area contributed by atoms with Gasteiger partial charge in [0.1, 0.15) is 16.7 Å². The predicted octanol–water partition coefficient (Wildman–Crippen LogP) is 3.19. The molecule has 0 aromatic heterocycles. The van der Waals surface area contributed by atoms with E-state index in [2.05, 4.69) is 20.7 Å². The van der Waals surface area contributed by atoms with E-state index in [1.54, 1.807) is 61.6 Å². The van der Waals surface area contributed by atoms with Gasteiger partial charge in [-0.2, -0.15) is 0 Å². The first-order valence-corrected chi connectivity index (χ1v) is 18.8. The molecular weight excluding hydrogens is 717 g/mol. The number of imide groups is 2. The maximum atomic E-state index is 13.5. The van der Waals surface area contributed by atoms with E-state index >= 15 is 0 Å². The van der Waals surface area contributed by atoms with Gasteiger partial charge in [0.25, 0.3) is 27.7 Å². The van der Waals surface area contributed by atoms with Gasteiger partial charge in [-0.25, -0.2) is 8.42 Å². The summed E-state index contributed by atoms with van der Waals surface area (Å²) in [5.41, 5.74) is 2.76. The third-order valence-corrected chi connectivity index (χ3v) is 11.2. The molecule has 3 heterocycles. The first kappa shape index (κ1) is 36.1. The van der Waals surface area contributed by atoms with Crippen molar-refractivity contribution in [3.63, 3.8) is 0 Å². The maximum absolute atomic E-state index is 13.5. The van der Waals surface area contributed by atoms with E-state index in [1.807, 2.05) is 0 Å². The number of anilines is 3. The molecule has 0 radical (unpaired) electrons. The standard InChI is InChI=1S/C38H36N6O9S/c1-43-27-13-12-25(42-54(51,52)30-10-4-3-9-29(30)53-2)23-19-21(20-24(33(23)27)36(43)48)11-15-31(45)40-18-6-17-39-26-8-5-7-22-34(26)38(50)44(37(22)49)28-14-16-32(46)41-35(28)47/h3-5,7-10,12-13,19-20,28,39,42H,6,11,14-18H2,1-2H3,(H,40,45)(H,41,46,47). The van der Waals surface area contributed by atoms with Crippen LogP contribution in [0, 0.1) is 0 Å². The molecule has 278 valence electrons. The number of methoxy groups -OCH3 is 1. The van der Waals surface area contributed by atoms with Crippen LogP contribution in [0.25, 0.3) is 10.8 Å². The number of rotatable bonds is 13. The Hall–Kier alpha value is -6.29. The number of hydrogen-bond acceptors (Lipinski definition) is 10. The molecule has 1 unspecified atom stereocenters. The Morgan fingerprint density at radius 1 is 0.907 bits per heavy atom. The second-order valence-corrected chi connectivity index (χ2v) is 14.8. The van der Waals surface area contributed by atoms with Crippen molar-refractivity contribution in [2.75, 3.05) is 42.2 Å². The fraction of sp³-hybridized carbons (Fsp3) is 0.263. The Morgan fingerprint density at radius 2 is 1.70 bits per heavy atom. The highest BCUT2D eigenvalue weighted by Gasteiger charge is 2.45. The van der Waals surface area contributed by atoms with Crippen molar-refractivity contribution in [1.29, 1.82) is 0 Å². The molecule has 15 nitrogen and oxygen atoms in total. The normalized spacial score (nSPS) is 16.5. The van der Waals surface area contributed by atoms with Gasteiger partial charge in [-0.3, -0.25) is 43.7 Å². The molecule has 1 atom stereocenters. The van der Waals surface area contributed by atoms with Crippen LogP contribution in [0.2, 0.25) is 0 Å². The van der Waals surface area contributed by atoms with Gasteiger partial charge < -0.3 is 20.3 Å². The molecule has 0 saturated carbocycles. The summed E-state index contributed by atoms with van der Waals surface area (Å²) in [6, 6.07) is 16.8. The van der Waals surface area contributed by atoms with Crippen molar-refractivity contribution >= 4 is 73.3 Å². The number of fused-ring (bicyclic) bond motifs is 1. The summed E-state index contributed by atoms with van der Waals surface area (Å²) in [4.78, 5) is 78.9. The molecule has 4 N–H and O–H groups in total. The number of ether oxygens (including phenoxy) is 1. The molecule has 0 bridgehead atoms. The molecule has 0 aliphatic carbocycles. The Kier molecular flexibility index (Phi) is 9.53. The number of nitrogens with zero attached hydrogens (tertiary/aromatic N) is 2. The van der Waals surface area contributed by atoms with E-state index in [9.17, 15) is 37.2 Å². The molecule has 4 aromatic carbocycles. The number of benzene rings is 4. The van der Waals surface area contributed by atoms with Crippen LogP contribution in [0.3, 0.4) is 0 Å². The van der Waals surface area contributed by atoms with Gasteiger partial charge in [0, 0.05) is 49.4 Å². The molecule has 3 aliphatic rings. The first-order chi connectivity index (χ1) is 25.9. The molecule has 0 spiro atoms. The topological polar surface area (TPSA) is 200 Å². The van der Waals surface area contributed by atoms with Gasteiger partial charge >= 0.3 is 0 Å². The number of carbonyl (C=O) groups excluding carboxylic acids is 6. The summed E-state index contributed by atoms with van der Waals surface area (Å²) in [6.45, 7) is 0.663. The fourth-order valence-electron chi connectivity index (χ4n) is 7.09. The second kappa shape index (κ2) is 14.3. The molecule has 16 heteroatoms. The lowest BCUT2D eigenvalue weighted by atomic mass is 9.98. The zero-order chi connectivity index (χ0) is 38.3. The summed E-state index contributed by atoms with van der Waals surface area (Å²) in [5.74, 6) is -2.63. The number of carbonyl (C=O) groups is 6. The SMILES string of the molecule is COc1ccccc1S(=O)(=O)Nc1ccc2c3c(cc(CCC(=O)NCCCNc4cccc5c4C(=O)N(C4CCC(=O)NC4=O)C5=O)cc13)C(=O)N2C. The molecular formula is C38H36N6O9S. The number of aryl methyl sites for hydroxylation is 1. The Balaban J connectivity index is 0.975. The van der Waals surface area contributed by atoms with Gasteiger partial charge in [-0.05, 0) is 73.4 Å². The van der Waals surface area contributed by atoms with Crippen LogP contribution in [0.5, 0.6) is 5.75 Å². The monoisotopic (exact) mass is 752 g/mol. The number of piperidine rings is 1. The van der Waals surface area contributed by atoms with E-state index < -0.39 is 39.7 Å². The van der Waals surface area contributed by atoms with E-state index in [0.717, 1.165) is 4.90 Å². The zero-order valence-electron chi connectivity index (χ0n) is 29.4. The predicted molar refractivity (Wildman–Crippen MR) is 198 cm³/mol. The number of para-hydroxylation sites is 1. The highest BCUT2D eigenvalue weighted by Crippen LogP contribution is 2.42. The summed E-state index contributed by atoms with van der Waals surface area (Å²) in [7, 11) is -1.04. The molecule has 6 amide bonds. The lowest BCUT2D eigenvalue weighted by Crippen LogP contribution is -2.54. The van der Waals surface area contributed by atoms with E-state index in [-0.39, 0.29) is 65.0 Å². The van der Waals surface area contributed by atoms with Gasteiger partial charge in [0.15, 0.2) is 0 Å². The lowest BCUT2D eigenvalue weighted by molar-refractivity contribution is -0.136. The Labute approximate surface area is 310 Å². The molecule has 1 fully saturated rings. The molecule has 7 rings (SSSR count). The summed E-state index contributed by atoms with van der Waals surface area (Å²) >= 11 is 0. The highest BCUT2D eigenvalue weighted by atomic mass is 32.2. The van der Waals surface area contributed by atoms with Crippen LogP contribution in [-0.2, 0) is 30.8 Å². The molecule has 54 heavy (non-hydrogen) atoms. The minimum absolute atomic E-state index is 0.0262. The van der Waals surface area contributed by atoms with Crippen LogP contribution in [0.4, 0.5) is 17.1 Å². The summed E-state index contributed by atoms with van der Waals surface area (Å²) < 4.78 is 34.8. The van der Waals surface area contributed by atoms with Crippen molar-refractivity contribution in [3.8, 4) is 5.75 Å². The average molecular weight is 753 g/mol. The number of sulfonamides is 1. The molecule has 3 aliphatic heterocycles. The number of amides is 6. The molecule has 4 aromatic rings. The van der Waals surface area contributed by atoms with Gasteiger partial charge in [-0.1, -0.05) is 18.2 Å². The van der Waals surface area contributed by atoms with E-state index in [4.69, 9.17) is 4.74 Å². The van der Waals surface area contributed by atoms with Crippen LogP contribution < -0.4 is 30.3 Å². The first-order valence-electron chi connectivity index (χ1n) is 17.3. The smallest absolute Gasteiger partial charge is 0.265 e. The van der Waals surface area contributed by atoms with Gasteiger partial charge in [-0.15, -0.1) is 0 Å². The summed E-state index contributed by atoms with van der Waals surface area (Å²) in [6.07, 6.45) is 0.947. The molecule has 1 saturated heterocycles. The quantitative estimate of drug-likeness (QED) is 0.116. The van der Waals surface area contributed by atoms with E-state index in [1.165, 1.54) is 24.1 Å². The highest BCUT2D eigenvalue weighted by molar-refractivity contribution is 7.92. The third kappa shape index (κ3) is 6.48. The minimum atomic E-state index is -4.07. The fourth-order valence-corrected chi connectivity index (χ4v) is 8.34. The Bertz CT molecular complexity index is 2400. The lowest BCUT2D eigenvalue weighted by Gasteiger charge is -2.27. The van der Waals surface area contributed by atoms with Crippen LogP contribution in [0.15, 0.2) is 71.6 Å². The number of nitrogens with one attached hydrogen (secondary N) is 4. The Morgan fingerprint density at radius 3 is 2.48 bits per heavy atom. The number of hydrogen-bond donors (Lipinski definition) is 4. The van der Waals surface area contributed by atoms with Gasteiger partial charge in [0.05, 0.1) is 35.2 Å². The maximum Gasteiger partial charge on any atom is 0.265 e. The van der Waals surface area contributed by atoms with Crippen LogP contribution in [0.1, 0.15) is 62.3 Å². The van der Waals surface area contributed by atoms with Crippen LogP contribution >= 0.6 is 0 Å². The van der Waals surface area contributed by atoms with Crippen molar-refractivity contribution in [1.82, 2.24) is 15.5 Å². The van der Waals surface area contributed by atoms with E-state index in [0.29, 0.717) is 52.8 Å². The third-order valence-electron chi connectivity index (χ3n) is 9.75. The average Bonchev–Trinajstić information content (AvgIpc) is 3.56. The van der Waals surface area contributed by atoms with Crippen LogP contribution in [-0.4, -0.2) is 82.0 Å². The van der Waals surface area contributed by atoms with Gasteiger partial charge in [0.2, 0.25) is 17.7 Å².